The molecule has 8 heteroatoms. The molecule has 0 aliphatic carbocycles. The van der Waals surface area contributed by atoms with Crippen molar-refractivity contribution < 1.29 is 9.53 Å². The molecular formula is C19H40IN5O2. The minimum atomic E-state index is 0. The van der Waals surface area contributed by atoms with Crippen LogP contribution in [-0.2, 0) is 9.53 Å². The normalized spacial score (nSPS) is 17.8. The number of hydrogen-bond donors (Lipinski definition) is 2. The second-order valence-electron chi connectivity index (χ2n) is 8.29. The second-order valence-corrected chi connectivity index (χ2v) is 8.29. The molecule has 160 valence electrons. The fourth-order valence-electron chi connectivity index (χ4n) is 2.96. The maximum atomic E-state index is 11.8. The zero-order valence-corrected chi connectivity index (χ0v) is 20.5. The van der Waals surface area contributed by atoms with Crippen molar-refractivity contribution in [2.75, 3.05) is 53.9 Å². The lowest BCUT2D eigenvalue weighted by molar-refractivity contribution is -0.130. The first-order chi connectivity index (χ1) is 12.2. The first-order valence-corrected chi connectivity index (χ1v) is 9.67. The number of rotatable bonds is 7. The minimum absolute atomic E-state index is 0. The highest BCUT2D eigenvalue weighted by atomic mass is 127. The van der Waals surface area contributed by atoms with E-state index < -0.39 is 0 Å². The van der Waals surface area contributed by atoms with E-state index in [1.54, 1.807) is 26.1 Å². The van der Waals surface area contributed by atoms with E-state index in [0.717, 1.165) is 38.4 Å². The number of ether oxygens (including phenoxy) is 1. The van der Waals surface area contributed by atoms with E-state index in [4.69, 9.17) is 9.73 Å². The number of nitrogens with one attached hydrogen (secondary N) is 2. The number of guanidine groups is 1. The molecule has 1 atom stereocenters. The molecule has 0 aromatic rings. The molecule has 2 N–H and O–H groups in total. The molecule has 0 saturated carbocycles. The van der Waals surface area contributed by atoms with Crippen LogP contribution < -0.4 is 10.6 Å². The number of hydrogen-bond acceptors (Lipinski definition) is 4. The van der Waals surface area contributed by atoms with E-state index in [-0.39, 0.29) is 41.4 Å². The fraction of sp³-hybridized carbons (Fsp3) is 0.895. The number of likely N-dealkylation sites (tertiary alicyclic amines) is 1. The van der Waals surface area contributed by atoms with Crippen molar-refractivity contribution >= 4 is 35.8 Å². The lowest BCUT2D eigenvalue weighted by atomic mass is 9.89. The molecule has 0 aromatic heterocycles. The monoisotopic (exact) mass is 497 g/mol. The maximum Gasteiger partial charge on any atom is 0.236 e. The number of amides is 1. The summed E-state index contributed by atoms with van der Waals surface area (Å²) in [4.78, 5) is 20.5. The smallest absolute Gasteiger partial charge is 0.236 e. The Morgan fingerprint density at radius 3 is 2.33 bits per heavy atom. The molecule has 0 bridgehead atoms. The standard InChI is InChI=1S/C19H39N5O2.HI/c1-8-20-18(21-13-16(26-7)19(2,3)4)22-15-9-11-24(12-10-15)14-17(25)23(5)6;/h15-16H,8-14H2,1-7H3,(H2,20,21,22);1H. The molecule has 1 aliphatic heterocycles. The molecule has 1 unspecified atom stereocenters. The molecule has 1 aliphatic rings. The Bertz CT molecular complexity index is 458. The molecule has 7 nitrogen and oxygen atoms in total. The average Bonchev–Trinajstić information content (AvgIpc) is 2.55. The topological polar surface area (TPSA) is 69.2 Å². The second kappa shape index (κ2) is 12.8. The Hall–Kier alpha value is -0.610. The quantitative estimate of drug-likeness (QED) is 0.319. The van der Waals surface area contributed by atoms with Crippen LogP contribution in [0.3, 0.4) is 0 Å². The number of carbonyl (C=O) groups excluding carboxylic acids is 1. The van der Waals surface area contributed by atoms with Crippen LogP contribution in [0.25, 0.3) is 0 Å². The van der Waals surface area contributed by atoms with Gasteiger partial charge in [0.05, 0.1) is 19.2 Å². The Kier molecular flexibility index (Phi) is 12.5. The first kappa shape index (κ1) is 26.4. The van der Waals surface area contributed by atoms with Crippen molar-refractivity contribution in [3.8, 4) is 0 Å². The molecule has 1 saturated heterocycles. The number of halogens is 1. The highest BCUT2D eigenvalue weighted by Crippen LogP contribution is 2.21. The maximum absolute atomic E-state index is 11.8. The van der Waals surface area contributed by atoms with E-state index >= 15 is 0 Å². The predicted octanol–water partition coefficient (Wildman–Crippen LogP) is 1.77. The van der Waals surface area contributed by atoms with E-state index in [9.17, 15) is 4.79 Å². The Labute approximate surface area is 182 Å². The van der Waals surface area contributed by atoms with Crippen molar-refractivity contribution in [1.82, 2.24) is 20.4 Å². The van der Waals surface area contributed by atoms with Crippen LogP contribution in [-0.4, -0.2) is 87.7 Å². The molecule has 0 spiro atoms. The number of nitrogens with zero attached hydrogens (tertiary/aromatic N) is 3. The number of piperidine rings is 1. The number of methoxy groups -OCH3 is 1. The molecule has 0 aromatic carbocycles. The summed E-state index contributed by atoms with van der Waals surface area (Å²) >= 11 is 0. The van der Waals surface area contributed by atoms with Crippen LogP contribution in [0.15, 0.2) is 4.99 Å². The summed E-state index contributed by atoms with van der Waals surface area (Å²) in [6.45, 7) is 12.4. The van der Waals surface area contributed by atoms with E-state index in [2.05, 4.69) is 43.2 Å². The van der Waals surface area contributed by atoms with E-state index in [1.165, 1.54) is 0 Å². The van der Waals surface area contributed by atoms with Crippen LogP contribution in [0.2, 0.25) is 0 Å². The lowest BCUT2D eigenvalue weighted by Gasteiger charge is -2.33. The molecular weight excluding hydrogens is 457 g/mol. The summed E-state index contributed by atoms with van der Waals surface area (Å²) < 4.78 is 5.60. The number of likely N-dealkylation sites (N-methyl/N-ethyl adjacent to an activating group) is 1. The van der Waals surface area contributed by atoms with Crippen LogP contribution in [0.1, 0.15) is 40.5 Å². The summed E-state index contributed by atoms with van der Waals surface area (Å²) in [6.07, 6.45) is 2.10. The van der Waals surface area contributed by atoms with Gasteiger partial charge in [-0.1, -0.05) is 20.8 Å². The highest BCUT2D eigenvalue weighted by Gasteiger charge is 2.25. The zero-order valence-electron chi connectivity index (χ0n) is 18.2. The number of carbonyl (C=O) groups is 1. The summed E-state index contributed by atoms with van der Waals surface area (Å²) in [5, 5.41) is 6.87. The van der Waals surface area contributed by atoms with Crippen molar-refractivity contribution in [3.63, 3.8) is 0 Å². The van der Waals surface area contributed by atoms with Crippen molar-refractivity contribution in [3.05, 3.63) is 0 Å². The van der Waals surface area contributed by atoms with Gasteiger partial charge in [-0.15, -0.1) is 24.0 Å². The third-order valence-corrected chi connectivity index (χ3v) is 4.80. The number of aliphatic imine (C=N–C) groups is 1. The van der Waals surface area contributed by atoms with Crippen molar-refractivity contribution in [1.29, 1.82) is 0 Å². The van der Waals surface area contributed by atoms with Crippen LogP contribution in [0.4, 0.5) is 0 Å². The predicted molar refractivity (Wildman–Crippen MR) is 123 cm³/mol. The van der Waals surface area contributed by atoms with Gasteiger partial charge >= 0.3 is 0 Å². The van der Waals surface area contributed by atoms with Crippen LogP contribution in [0, 0.1) is 5.41 Å². The molecule has 1 rings (SSSR count). The SMILES string of the molecule is CCNC(=NCC(OC)C(C)(C)C)NC1CCN(CC(=O)N(C)C)CC1.I. The highest BCUT2D eigenvalue weighted by molar-refractivity contribution is 14.0. The van der Waals surface area contributed by atoms with Gasteiger partial charge in [0.25, 0.3) is 0 Å². The third-order valence-electron chi connectivity index (χ3n) is 4.80. The zero-order chi connectivity index (χ0) is 19.7. The van der Waals surface area contributed by atoms with E-state index in [1.807, 2.05) is 0 Å². The minimum Gasteiger partial charge on any atom is -0.379 e. The van der Waals surface area contributed by atoms with Crippen LogP contribution >= 0.6 is 24.0 Å². The molecule has 1 fully saturated rings. The van der Waals surface area contributed by atoms with Gasteiger partial charge in [0.15, 0.2) is 5.96 Å². The van der Waals surface area contributed by atoms with Crippen molar-refractivity contribution in [2.45, 2.75) is 52.7 Å². The largest absolute Gasteiger partial charge is 0.379 e. The van der Waals surface area contributed by atoms with Crippen molar-refractivity contribution in [2.24, 2.45) is 10.4 Å². The Morgan fingerprint density at radius 1 is 1.30 bits per heavy atom. The van der Waals surface area contributed by atoms with Gasteiger partial charge in [0.1, 0.15) is 0 Å². The summed E-state index contributed by atoms with van der Waals surface area (Å²) in [6, 6.07) is 0.383. The van der Waals surface area contributed by atoms with E-state index in [0.29, 0.717) is 19.1 Å². The average molecular weight is 497 g/mol. The van der Waals surface area contributed by atoms with Gasteiger partial charge in [0.2, 0.25) is 5.91 Å². The Morgan fingerprint density at radius 2 is 1.89 bits per heavy atom. The van der Waals surface area contributed by atoms with Gasteiger partial charge in [-0.2, -0.15) is 0 Å². The molecule has 1 amide bonds. The van der Waals surface area contributed by atoms with Gasteiger partial charge in [-0.25, -0.2) is 0 Å². The summed E-state index contributed by atoms with van der Waals surface area (Å²) in [5.74, 6) is 1.01. The third kappa shape index (κ3) is 9.94. The molecule has 27 heavy (non-hydrogen) atoms. The Balaban J connectivity index is 0.00000676. The van der Waals surface area contributed by atoms with Gasteiger partial charge in [0, 0.05) is 46.9 Å². The first-order valence-electron chi connectivity index (χ1n) is 9.67. The van der Waals surface area contributed by atoms with Gasteiger partial charge < -0.3 is 20.3 Å². The van der Waals surface area contributed by atoms with Crippen LogP contribution in [0.5, 0.6) is 0 Å². The van der Waals surface area contributed by atoms with Gasteiger partial charge in [-0.3, -0.25) is 14.7 Å². The van der Waals surface area contributed by atoms with Gasteiger partial charge in [-0.05, 0) is 25.2 Å². The summed E-state index contributed by atoms with van der Waals surface area (Å²) in [7, 11) is 5.36. The summed E-state index contributed by atoms with van der Waals surface area (Å²) in [5.41, 5.74) is 0.0554. The molecule has 1 heterocycles. The fourth-order valence-corrected chi connectivity index (χ4v) is 2.96. The lowest BCUT2D eigenvalue weighted by Crippen LogP contribution is -2.50. The molecule has 0 radical (unpaired) electrons.